The first kappa shape index (κ1) is 13.1. The van der Waals surface area contributed by atoms with Crippen LogP contribution in [0.25, 0.3) is 0 Å². The maximum absolute atomic E-state index is 13.3. The summed E-state index contributed by atoms with van der Waals surface area (Å²) < 4.78 is 14.8. The van der Waals surface area contributed by atoms with E-state index in [4.69, 9.17) is 5.73 Å². The summed E-state index contributed by atoms with van der Waals surface area (Å²) in [5.41, 5.74) is 5.69. The molecular weight excluding hydrogens is 251 g/mol. The summed E-state index contributed by atoms with van der Waals surface area (Å²) in [6.07, 6.45) is 2.94. The molecule has 100 valence electrons. The summed E-state index contributed by atoms with van der Waals surface area (Å²) in [6.45, 7) is 0.883. The Morgan fingerprint density at radius 2 is 2.37 bits per heavy atom. The Morgan fingerprint density at radius 3 is 3.11 bits per heavy atom. The zero-order valence-electron chi connectivity index (χ0n) is 10.1. The van der Waals surface area contributed by atoms with Gasteiger partial charge in [0.05, 0.1) is 25.0 Å². The van der Waals surface area contributed by atoms with Gasteiger partial charge in [-0.25, -0.2) is 4.39 Å². The van der Waals surface area contributed by atoms with Crippen molar-refractivity contribution >= 4 is 5.91 Å². The third-order valence-electron chi connectivity index (χ3n) is 2.38. The van der Waals surface area contributed by atoms with E-state index in [9.17, 15) is 9.18 Å². The highest BCUT2D eigenvalue weighted by Crippen LogP contribution is 2.02. The van der Waals surface area contributed by atoms with Gasteiger partial charge in [0.25, 0.3) is 5.91 Å². The minimum atomic E-state index is -0.463. The fourth-order valence-electron chi connectivity index (χ4n) is 1.45. The van der Waals surface area contributed by atoms with Crippen molar-refractivity contribution in [3.63, 3.8) is 0 Å². The predicted molar refractivity (Wildman–Crippen MR) is 64.4 cm³/mol. The van der Waals surface area contributed by atoms with Crippen LogP contribution >= 0.6 is 0 Å². The van der Waals surface area contributed by atoms with E-state index in [1.165, 1.54) is 29.2 Å². The lowest BCUT2D eigenvalue weighted by Crippen LogP contribution is -2.24. The molecule has 0 saturated heterocycles. The van der Waals surface area contributed by atoms with Crippen LogP contribution in [0.2, 0.25) is 0 Å². The third kappa shape index (κ3) is 3.32. The Morgan fingerprint density at radius 1 is 1.53 bits per heavy atom. The van der Waals surface area contributed by atoms with E-state index in [2.05, 4.69) is 20.6 Å². The first-order valence-electron chi connectivity index (χ1n) is 5.68. The molecule has 2 aromatic heterocycles. The van der Waals surface area contributed by atoms with E-state index >= 15 is 0 Å². The monoisotopic (exact) mass is 264 g/mol. The lowest BCUT2D eigenvalue weighted by Gasteiger charge is -2.03. The van der Waals surface area contributed by atoms with Crippen LogP contribution in [0, 0.1) is 5.82 Å². The molecule has 0 unspecified atom stereocenters. The lowest BCUT2D eigenvalue weighted by molar-refractivity contribution is 0.0945. The molecule has 0 bridgehead atoms. The number of hydrogen-bond acceptors (Lipinski definition) is 5. The highest BCUT2D eigenvalue weighted by molar-refractivity contribution is 5.91. The fourth-order valence-corrected chi connectivity index (χ4v) is 1.45. The van der Waals surface area contributed by atoms with Gasteiger partial charge in [0, 0.05) is 12.7 Å². The SMILES string of the molecule is NCCn1cc(C(=O)NCc2ncccc2F)nn1. The summed E-state index contributed by atoms with van der Waals surface area (Å²) in [4.78, 5) is 15.6. The largest absolute Gasteiger partial charge is 0.345 e. The highest BCUT2D eigenvalue weighted by Gasteiger charge is 2.11. The molecule has 0 aliphatic carbocycles. The zero-order valence-corrected chi connectivity index (χ0v) is 10.1. The van der Waals surface area contributed by atoms with Crippen molar-refractivity contribution in [2.45, 2.75) is 13.1 Å². The van der Waals surface area contributed by atoms with Gasteiger partial charge in [0.15, 0.2) is 5.69 Å². The minimum absolute atomic E-state index is 0.00471. The van der Waals surface area contributed by atoms with Gasteiger partial charge in [0.2, 0.25) is 0 Å². The highest BCUT2D eigenvalue weighted by atomic mass is 19.1. The molecule has 0 spiro atoms. The summed E-state index contributed by atoms with van der Waals surface area (Å²) in [5.74, 6) is -0.900. The maximum Gasteiger partial charge on any atom is 0.273 e. The van der Waals surface area contributed by atoms with Crippen LogP contribution in [0.5, 0.6) is 0 Å². The average molecular weight is 264 g/mol. The third-order valence-corrected chi connectivity index (χ3v) is 2.38. The number of rotatable bonds is 5. The Balaban J connectivity index is 1.95. The molecule has 0 fully saturated rings. The number of nitrogens with two attached hydrogens (primary N) is 1. The number of carbonyl (C=O) groups excluding carboxylic acids is 1. The molecule has 7 nitrogen and oxygen atoms in total. The molecule has 2 aromatic rings. The van der Waals surface area contributed by atoms with Crippen molar-refractivity contribution < 1.29 is 9.18 Å². The zero-order chi connectivity index (χ0) is 13.7. The van der Waals surface area contributed by atoms with Gasteiger partial charge in [0.1, 0.15) is 5.82 Å². The first-order chi connectivity index (χ1) is 9.20. The molecule has 3 N–H and O–H groups in total. The molecule has 0 aromatic carbocycles. The molecule has 2 rings (SSSR count). The van der Waals surface area contributed by atoms with Gasteiger partial charge < -0.3 is 11.1 Å². The second-order valence-corrected chi connectivity index (χ2v) is 3.77. The van der Waals surface area contributed by atoms with Crippen LogP contribution in [0.4, 0.5) is 4.39 Å². The Hall–Kier alpha value is -2.35. The van der Waals surface area contributed by atoms with Crippen LogP contribution < -0.4 is 11.1 Å². The summed E-state index contributed by atoms with van der Waals surface area (Å²) >= 11 is 0. The molecule has 19 heavy (non-hydrogen) atoms. The van der Waals surface area contributed by atoms with Gasteiger partial charge in [-0.2, -0.15) is 0 Å². The van der Waals surface area contributed by atoms with Crippen molar-refractivity contribution in [1.29, 1.82) is 0 Å². The van der Waals surface area contributed by atoms with E-state index in [1.54, 1.807) is 0 Å². The average Bonchev–Trinajstić information content (AvgIpc) is 2.87. The summed E-state index contributed by atoms with van der Waals surface area (Å²) in [7, 11) is 0. The number of halogens is 1. The molecule has 2 heterocycles. The molecular formula is C11H13FN6O. The first-order valence-corrected chi connectivity index (χ1v) is 5.68. The van der Waals surface area contributed by atoms with Crippen molar-refractivity contribution in [2.24, 2.45) is 5.73 Å². The van der Waals surface area contributed by atoms with Crippen molar-refractivity contribution in [2.75, 3.05) is 6.54 Å². The topological polar surface area (TPSA) is 98.7 Å². The van der Waals surface area contributed by atoms with Crippen LogP contribution in [0.1, 0.15) is 16.2 Å². The normalized spacial score (nSPS) is 10.4. The standard InChI is InChI=1S/C11H13FN6O/c12-8-2-1-4-14-9(8)6-15-11(19)10-7-18(5-3-13)17-16-10/h1-2,4,7H,3,5-6,13H2,(H,15,19). The predicted octanol–water partition coefficient (Wildman–Crippen LogP) is -0.299. The smallest absolute Gasteiger partial charge is 0.273 e. The van der Waals surface area contributed by atoms with Gasteiger partial charge in [-0.05, 0) is 12.1 Å². The van der Waals surface area contributed by atoms with Crippen LogP contribution in [-0.2, 0) is 13.1 Å². The summed E-state index contributed by atoms with van der Waals surface area (Å²) in [5, 5.41) is 9.96. The summed E-state index contributed by atoms with van der Waals surface area (Å²) in [6, 6.07) is 2.77. The quantitative estimate of drug-likeness (QED) is 0.772. The number of carbonyl (C=O) groups is 1. The van der Waals surface area contributed by atoms with E-state index in [1.807, 2.05) is 0 Å². The Bertz CT molecular complexity index is 570. The van der Waals surface area contributed by atoms with E-state index in [-0.39, 0.29) is 17.9 Å². The second kappa shape index (κ2) is 6.01. The molecule has 0 aliphatic heterocycles. The van der Waals surface area contributed by atoms with Crippen LogP contribution in [-0.4, -0.2) is 32.4 Å². The number of nitrogens with one attached hydrogen (secondary N) is 1. The van der Waals surface area contributed by atoms with E-state index in [0.717, 1.165) is 0 Å². The Kier molecular flexibility index (Phi) is 4.14. The minimum Gasteiger partial charge on any atom is -0.345 e. The molecule has 0 atom stereocenters. The number of hydrogen-bond donors (Lipinski definition) is 2. The molecule has 8 heteroatoms. The number of nitrogens with zero attached hydrogens (tertiary/aromatic N) is 4. The van der Waals surface area contributed by atoms with Crippen LogP contribution in [0.15, 0.2) is 24.5 Å². The van der Waals surface area contributed by atoms with Crippen molar-refractivity contribution in [3.05, 3.63) is 41.7 Å². The van der Waals surface area contributed by atoms with E-state index < -0.39 is 11.7 Å². The molecule has 0 aliphatic rings. The number of aromatic nitrogens is 4. The van der Waals surface area contributed by atoms with Crippen molar-refractivity contribution in [1.82, 2.24) is 25.3 Å². The van der Waals surface area contributed by atoms with Gasteiger partial charge >= 0.3 is 0 Å². The lowest BCUT2D eigenvalue weighted by atomic mass is 10.3. The number of pyridine rings is 1. The molecule has 0 saturated carbocycles. The van der Waals surface area contributed by atoms with E-state index in [0.29, 0.717) is 13.1 Å². The molecule has 1 amide bonds. The van der Waals surface area contributed by atoms with Crippen molar-refractivity contribution in [3.8, 4) is 0 Å². The van der Waals surface area contributed by atoms with Crippen LogP contribution in [0.3, 0.4) is 0 Å². The second-order valence-electron chi connectivity index (χ2n) is 3.77. The van der Waals surface area contributed by atoms with Gasteiger partial charge in [-0.15, -0.1) is 5.10 Å². The van der Waals surface area contributed by atoms with Gasteiger partial charge in [-0.1, -0.05) is 5.21 Å². The number of amides is 1. The van der Waals surface area contributed by atoms with Gasteiger partial charge in [-0.3, -0.25) is 14.5 Å². The Labute approximate surface area is 108 Å². The fraction of sp³-hybridized carbons (Fsp3) is 0.273. The maximum atomic E-state index is 13.3. The molecule has 0 radical (unpaired) electrons.